The molecule has 2 rings (SSSR count). The van der Waals surface area contributed by atoms with Crippen LogP contribution in [0.5, 0.6) is 5.75 Å². The summed E-state index contributed by atoms with van der Waals surface area (Å²) in [6.07, 6.45) is 2.40. The highest BCUT2D eigenvalue weighted by molar-refractivity contribution is 5.45. The molecule has 0 radical (unpaired) electrons. The molecule has 1 fully saturated rings. The monoisotopic (exact) mass is 248 g/mol. The van der Waals surface area contributed by atoms with Crippen LogP contribution in [0.1, 0.15) is 35.4 Å². The van der Waals surface area contributed by atoms with Crippen LogP contribution in [0.2, 0.25) is 0 Å². The van der Waals surface area contributed by atoms with Crippen molar-refractivity contribution in [3.8, 4) is 5.75 Å². The van der Waals surface area contributed by atoms with Gasteiger partial charge in [-0.2, -0.15) is 0 Å². The molecule has 2 N–H and O–H groups in total. The zero-order chi connectivity index (χ0) is 13.1. The quantitative estimate of drug-likeness (QED) is 0.861. The first-order chi connectivity index (χ1) is 8.59. The van der Waals surface area contributed by atoms with Crippen LogP contribution in [0.25, 0.3) is 0 Å². The Morgan fingerprint density at radius 3 is 2.56 bits per heavy atom. The zero-order valence-electron chi connectivity index (χ0n) is 11.7. The molecule has 0 aliphatic carbocycles. The highest BCUT2D eigenvalue weighted by Crippen LogP contribution is 2.33. The van der Waals surface area contributed by atoms with Crippen LogP contribution in [-0.2, 0) is 6.54 Å². The van der Waals surface area contributed by atoms with Crippen LogP contribution >= 0.6 is 0 Å². The van der Waals surface area contributed by atoms with E-state index in [-0.39, 0.29) is 0 Å². The van der Waals surface area contributed by atoms with E-state index in [1.807, 2.05) is 20.2 Å². The molecule has 1 aliphatic rings. The summed E-state index contributed by atoms with van der Waals surface area (Å²) in [5.74, 6) is 1.08. The zero-order valence-corrected chi connectivity index (χ0v) is 11.7. The fourth-order valence-electron chi connectivity index (χ4n) is 2.85. The molecule has 1 aromatic carbocycles. The normalized spacial score (nSPS) is 17.3. The van der Waals surface area contributed by atoms with Crippen LogP contribution in [0.4, 0.5) is 0 Å². The van der Waals surface area contributed by atoms with Crippen LogP contribution in [0.3, 0.4) is 0 Å². The molecular formula is C15H24N2O. The SMILES string of the molecule is Cc1c(C2CCNCC2)ccc(O)c1CN(C)C. The molecule has 1 heterocycles. The predicted octanol–water partition coefficient (Wildman–Crippen LogP) is 2.23. The van der Waals surface area contributed by atoms with Crippen LogP contribution in [0.15, 0.2) is 12.1 Å². The van der Waals surface area contributed by atoms with E-state index in [0.29, 0.717) is 11.7 Å². The lowest BCUT2D eigenvalue weighted by Crippen LogP contribution is -2.27. The Morgan fingerprint density at radius 1 is 1.28 bits per heavy atom. The molecule has 0 atom stereocenters. The van der Waals surface area contributed by atoms with Gasteiger partial charge in [-0.3, -0.25) is 0 Å². The minimum Gasteiger partial charge on any atom is -0.508 e. The largest absolute Gasteiger partial charge is 0.508 e. The predicted molar refractivity (Wildman–Crippen MR) is 75.1 cm³/mol. The van der Waals surface area contributed by atoms with Crippen LogP contribution in [-0.4, -0.2) is 37.2 Å². The van der Waals surface area contributed by atoms with Crippen molar-refractivity contribution in [2.45, 2.75) is 32.2 Å². The number of aromatic hydroxyl groups is 1. The summed E-state index contributed by atoms with van der Waals surface area (Å²) in [7, 11) is 4.08. The van der Waals surface area contributed by atoms with Gasteiger partial charge in [0.15, 0.2) is 0 Å². The molecule has 3 nitrogen and oxygen atoms in total. The number of benzene rings is 1. The number of hydrogen-bond donors (Lipinski definition) is 2. The van der Waals surface area contributed by atoms with Crippen molar-refractivity contribution in [3.63, 3.8) is 0 Å². The molecule has 100 valence electrons. The summed E-state index contributed by atoms with van der Waals surface area (Å²) in [5, 5.41) is 13.4. The minimum absolute atomic E-state index is 0.430. The van der Waals surface area contributed by atoms with Crippen molar-refractivity contribution in [3.05, 3.63) is 28.8 Å². The Morgan fingerprint density at radius 2 is 1.94 bits per heavy atom. The van der Waals surface area contributed by atoms with Gasteiger partial charge in [0.1, 0.15) is 5.75 Å². The number of nitrogens with zero attached hydrogens (tertiary/aromatic N) is 1. The molecular weight excluding hydrogens is 224 g/mol. The number of piperidine rings is 1. The van der Waals surface area contributed by atoms with Gasteiger partial charge in [-0.05, 0) is 70.1 Å². The van der Waals surface area contributed by atoms with Gasteiger partial charge >= 0.3 is 0 Å². The number of phenols is 1. The Bertz CT molecular complexity index is 409. The number of rotatable bonds is 3. The van der Waals surface area contributed by atoms with Gasteiger partial charge < -0.3 is 15.3 Å². The summed E-state index contributed by atoms with van der Waals surface area (Å²) in [5.41, 5.74) is 3.78. The molecule has 0 unspecified atom stereocenters. The lowest BCUT2D eigenvalue weighted by Gasteiger charge is -2.26. The summed E-state index contributed by atoms with van der Waals surface area (Å²) < 4.78 is 0. The van der Waals surface area contributed by atoms with Gasteiger partial charge in [-0.25, -0.2) is 0 Å². The summed E-state index contributed by atoms with van der Waals surface area (Å²) in [6.45, 7) is 5.16. The van der Waals surface area contributed by atoms with E-state index in [0.717, 1.165) is 25.2 Å². The fraction of sp³-hybridized carbons (Fsp3) is 0.600. The van der Waals surface area contributed by atoms with Gasteiger partial charge in [-0.15, -0.1) is 0 Å². The average Bonchev–Trinajstić information content (AvgIpc) is 2.35. The molecule has 1 aliphatic heterocycles. The highest BCUT2D eigenvalue weighted by Gasteiger charge is 2.19. The van der Waals surface area contributed by atoms with E-state index in [1.165, 1.54) is 24.0 Å². The van der Waals surface area contributed by atoms with Gasteiger partial charge in [0.05, 0.1) is 0 Å². The van der Waals surface area contributed by atoms with Gasteiger partial charge in [-0.1, -0.05) is 6.07 Å². The highest BCUT2D eigenvalue weighted by atomic mass is 16.3. The van der Waals surface area contributed by atoms with Gasteiger partial charge in [0.2, 0.25) is 0 Å². The Balaban J connectivity index is 2.30. The Hall–Kier alpha value is -1.06. The molecule has 0 aromatic heterocycles. The third-order valence-corrected chi connectivity index (χ3v) is 3.87. The number of hydrogen-bond acceptors (Lipinski definition) is 3. The van der Waals surface area contributed by atoms with Crippen molar-refractivity contribution < 1.29 is 5.11 Å². The van der Waals surface area contributed by atoms with E-state index < -0.39 is 0 Å². The lowest BCUT2D eigenvalue weighted by atomic mass is 9.85. The van der Waals surface area contributed by atoms with Gasteiger partial charge in [0.25, 0.3) is 0 Å². The first-order valence-electron chi connectivity index (χ1n) is 6.76. The van der Waals surface area contributed by atoms with Crippen molar-refractivity contribution >= 4 is 0 Å². The molecule has 0 spiro atoms. The van der Waals surface area contributed by atoms with E-state index in [2.05, 4.69) is 23.2 Å². The molecule has 1 aromatic rings. The molecule has 0 amide bonds. The topological polar surface area (TPSA) is 35.5 Å². The van der Waals surface area contributed by atoms with E-state index in [9.17, 15) is 5.11 Å². The molecule has 3 heteroatoms. The maximum Gasteiger partial charge on any atom is 0.120 e. The third-order valence-electron chi connectivity index (χ3n) is 3.87. The maximum absolute atomic E-state index is 10.0. The third kappa shape index (κ3) is 2.85. The second-order valence-electron chi connectivity index (χ2n) is 5.54. The number of nitrogens with one attached hydrogen (secondary N) is 1. The van der Waals surface area contributed by atoms with Crippen LogP contribution in [0, 0.1) is 6.92 Å². The van der Waals surface area contributed by atoms with E-state index in [4.69, 9.17) is 0 Å². The second-order valence-corrected chi connectivity index (χ2v) is 5.54. The number of phenolic OH excluding ortho intramolecular Hbond substituents is 1. The van der Waals surface area contributed by atoms with Crippen molar-refractivity contribution in [1.29, 1.82) is 0 Å². The van der Waals surface area contributed by atoms with Gasteiger partial charge in [0, 0.05) is 12.1 Å². The Labute approximate surface area is 110 Å². The fourth-order valence-corrected chi connectivity index (χ4v) is 2.85. The van der Waals surface area contributed by atoms with E-state index in [1.54, 1.807) is 0 Å². The smallest absolute Gasteiger partial charge is 0.120 e. The minimum atomic E-state index is 0.430. The molecule has 1 saturated heterocycles. The van der Waals surface area contributed by atoms with E-state index >= 15 is 0 Å². The molecule has 0 saturated carbocycles. The van der Waals surface area contributed by atoms with Crippen molar-refractivity contribution in [1.82, 2.24) is 10.2 Å². The summed E-state index contributed by atoms with van der Waals surface area (Å²) >= 11 is 0. The Kier molecular flexibility index (Phi) is 4.25. The average molecular weight is 248 g/mol. The van der Waals surface area contributed by atoms with Crippen molar-refractivity contribution in [2.24, 2.45) is 0 Å². The van der Waals surface area contributed by atoms with Crippen molar-refractivity contribution in [2.75, 3.05) is 27.2 Å². The first kappa shape index (κ1) is 13.4. The summed E-state index contributed by atoms with van der Waals surface area (Å²) in [6, 6.07) is 3.98. The molecule has 18 heavy (non-hydrogen) atoms. The van der Waals surface area contributed by atoms with Crippen LogP contribution < -0.4 is 5.32 Å². The maximum atomic E-state index is 10.0. The first-order valence-corrected chi connectivity index (χ1v) is 6.76. The standard InChI is InChI=1S/C15H24N2O/c1-11-13(12-6-8-16-9-7-12)4-5-15(18)14(11)10-17(2)3/h4-5,12,16,18H,6-10H2,1-3H3. The lowest BCUT2D eigenvalue weighted by molar-refractivity contribution is 0.383. The molecule has 0 bridgehead atoms. The summed E-state index contributed by atoms with van der Waals surface area (Å²) in [4.78, 5) is 2.11. The second kappa shape index (κ2) is 5.72.